The van der Waals surface area contributed by atoms with Gasteiger partial charge in [-0.15, -0.1) is 0 Å². The predicted octanol–water partition coefficient (Wildman–Crippen LogP) is 1.15. The van der Waals surface area contributed by atoms with Crippen molar-refractivity contribution in [3.63, 3.8) is 0 Å². The highest BCUT2D eigenvalue weighted by Gasteiger charge is 2.17. The van der Waals surface area contributed by atoms with E-state index in [2.05, 4.69) is 4.74 Å². The van der Waals surface area contributed by atoms with Crippen molar-refractivity contribution >= 4 is 5.97 Å². The Hall–Kier alpha value is -1.56. The van der Waals surface area contributed by atoms with Gasteiger partial charge in [-0.25, -0.2) is 13.2 Å². The minimum absolute atomic E-state index is 0.0919. The monoisotopic (exact) mass is 233 g/mol. The lowest BCUT2D eigenvalue weighted by molar-refractivity contribution is -0.142. The Balaban J connectivity index is 2.86. The van der Waals surface area contributed by atoms with E-state index >= 15 is 0 Å². The van der Waals surface area contributed by atoms with Crippen LogP contribution in [0.3, 0.4) is 0 Å². The molecule has 0 unspecified atom stereocenters. The molecule has 0 spiro atoms. The number of carbonyl (C=O) groups is 1. The number of methoxy groups -OCH3 is 1. The topological polar surface area (TPSA) is 52.3 Å². The van der Waals surface area contributed by atoms with Crippen LogP contribution in [0.1, 0.15) is 5.56 Å². The number of rotatable bonds is 3. The van der Waals surface area contributed by atoms with Crippen molar-refractivity contribution in [2.75, 3.05) is 7.11 Å². The molecule has 0 saturated carbocycles. The maximum Gasteiger partial charge on any atom is 0.322 e. The lowest BCUT2D eigenvalue weighted by Crippen LogP contribution is -2.33. The van der Waals surface area contributed by atoms with Gasteiger partial charge in [0.1, 0.15) is 6.04 Å². The minimum Gasteiger partial charge on any atom is -0.468 e. The second-order valence-corrected chi connectivity index (χ2v) is 3.21. The van der Waals surface area contributed by atoms with Gasteiger partial charge in [0.25, 0.3) is 0 Å². The van der Waals surface area contributed by atoms with E-state index in [1.807, 2.05) is 0 Å². The second kappa shape index (κ2) is 4.98. The summed E-state index contributed by atoms with van der Waals surface area (Å²) >= 11 is 0. The van der Waals surface area contributed by atoms with Gasteiger partial charge in [0, 0.05) is 0 Å². The number of halogens is 3. The van der Waals surface area contributed by atoms with Crippen LogP contribution >= 0.6 is 0 Å². The molecule has 1 atom stereocenters. The summed E-state index contributed by atoms with van der Waals surface area (Å²) in [5, 5.41) is 0. The molecule has 0 aliphatic heterocycles. The van der Waals surface area contributed by atoms with Crippen LogP contribution in [-0.2, 0) is 16.0 Å². The maximum atomic E-state index is 12.8. The van der Waals surface area contributed by atoms with Gasteiger partial charge < -0.3 is 10.5 Å². The van der Waals surface area contributed by atoms with E-state index in [1.54, 1.807) is 0 Å². The molecule has 88 valence electrons. The normalized spacial score (nSPS) is 12.3. The average Bonchev–Trinajstić information content (AvgIpc) is 2.24. The molecular weight excluding hydrogens is 223 g/mol. The largest absolute Gasteiger partial charge is 0.468 e. The highest BCUT2D eigenvalue weighted by atomic mass is 19.2. The van der Waals surface area contributed by atoms with E-state index in [4.69, 9.17) is 5.73 Å². The molecule has 0 radical (unpaired) electrons. The van der Waals surface area contributed by atoms with Crippen LogP contribution in [0, 0.1) is 17.5 Å². The molecule has 6 heteroatoms. The highest BCUT2D eigenvalue weighted by molar-refractivity contribution is 5.75. The molecule has 16 heavy (non-hydrogen) atoms. The smallest absolute Gasteiger partial charge is 0.322 e. The Labute approximate surface area is 90.0 Å². The van der Waals surface area contributed by atoms with E-state index in [9.17, 15) is 18.0 Å². The van der Waals surface area contributed by atoms with Gasteiger partial charge >= 0.3 is 5.97 Å². The summed E-state index contributed by atoms with van der Waals surface area (Å²) in [7, 11) is 1.15. The van der Waals surface area contributed by atoms with E-state index in [0.29, 0.717) is 0 Å². The Bertz CT molecular complexity index is 386. The number of ether oxygens (including phenoxy) is 1. The van der Waals surface area contributed by atoms with Gasteiger partial charge in [-0.3, -0.25) is 4.79 Å². The van der Waals surface area contributed by atoms with Crippen molar-refractivity contribution in [3.8, 4) is 0 Å². The molecular formula is C10H10F3NO2. The molecule has 0 fully saturated rings. The number of hydrogen-bond acceptors (Lipinski definition) is 3. The van der Waals surface area contributed by atoms with E-state index in [-0.39, 0.29) is 12.0 Å². The van der Waals surface area contributed by atoms with E-state index < -0.39 is 29.5 Å². The molecule has 0 saturated heterocycles. The van der Waals surface area contributed by atoms with Crippen molar-refractivity contribution in [2.24, 2.45) is 5.73 Å². The van der Waals surface area contributed by atoms with Gasteiger partial charge in [0.15, 0.2) is 17.5 Å². The quantitative estimate of drug-likeness (QED) is 0.629. The van der Waals surface area contributed by atoms with Crippen LogP contribution in [0.2, 0.25) is 0 Å². The van der Waals surface area contributed by atoms with Crippen molar-refractivity contribution in [2.45, 2.75) is 12.5 Å². The molecule has 3 nitrogen and oxygen atoms in total. The number of nitrogens with two attached hydrogens (primary N) is 1. The van der Waals surface area contributed by atoms with E-state index in [0.717, 1.165) is 19.2 Å². The summed E-state index contributed by atoms with van der Waals surface area (Å²) in [6, 6.07) is 0.553. The Morgan fingerprint density at radius 1 is 1.38 bits per heavy atom. The first-order chi connectivity index (χ1) is 7.45. The van der Waals surface area contributed by atoms with Crippen LogP contribution in [0.5, 0.6) is 0 Å². The summed E-state index contributed by atoms with van der Waals surface area (Å²) in [4.78, 5) is 10.9. The molecule has 1 aromatic carbocycles. The summed E-state index contributed by atoms with van der Waals surface area (Å²) in [5.41, 5.74) is 5.48. The zero-order chi connectivity index (χ0) is 12.3. The molecule has 0 bridgehead atoms. The Kier molecular flexibility index (Phi) is 3.89. The first kappa shape index (κ1) is 12.5. The summed E-state index contributed by atoms with van der Waals surface area (Å²) in [5.74, 6) is -4.88. The highest BCUT2D eigenvalue weighted by Crippen LogP contribution is 2.14. The first-order valence-corrected chi connectivity index (χ1v) is 4.42. The van der Waals surface area contributed by atoms with Gasteiger partial charge in [0.05, 0.1) is 7.11 Å². The van der Waals surface area contributed by atoms with Crippen LogP contribution in [0.4, 0.5) is 13.2 Å². The van der Waals surface area contributed by atoms with Crippen LogP contribution in [0.15, 0.2) is 12.1 Å². The standard InChI is InChI=1S/C10H10F3NO2/c1-16-10(15)8(14)4-5-2-6(11)9(13)7(12)3-5/h2-3,8H,4,14H2,1H3/t8-/m1/s1. The fourth-order valence-corrected chi connectivity index (χ4v) is 1.21. The zero-order valence-electron chi connectivity index (χ0n) is 8.47. The van der Waals surface area contributed by atoms with E-state index in [1.165, 1.54) is 0 Å². The third-order valence-corrected chi connectivity index (χ3v) is 2.00. The predicted molar refractivity (Wildman–Crippen MR) is 50.0 cm³/mol. The summed E-state index contributed by atoms with van der Waals surface area (Å²) in [6.45, 7) is 0. The fraction of sp³-hybridized carbons (Fsp3) is 0.300. The summed E-state index contributed by atoms with van der Waals surface area (Å²) < 4.78 is 42.5. The van der Waals surface area contributed by atoms with Gasteiger partial charge in [-0.05, 0) is 24.1 Å². The minimum atomic E-state index is -1.55. The third kappa shape index (κ3) is 2.73. The molecule has 1 aromatic rings. The first-order valence-electron chi connectivity index (χ1n) is 4.42. The molecule has 0 heterocycles. The van der Waals surface area contributed by atoms with Crippen LogP contribution in [0.25, 0.3) is 0 Å². The number of hydrogen-bond donors (Lipinski definition) is 1. The molecule has 2 N–H and O–H groups in total. The molecule has 0 aromatic heterocycles. The van der Waals surface area contributed by atoms with Crippen LogP contribution < -0.4 is 5.73 Å². The molecule has 0 aliphatic carbocycles. The lowest BCUT2D eigenvalue weighted by Gasteiger charge is -2.09. The lowest BCUT2D eigenvalue weighted by atomic mass is 10.1. The molecule has 1 rings (SSSR count). The van der Waals surface area contributed by atoms with Gasteiger partial charge in [-0.2, -0.15) is 0 Å². The van der Waals surface area contributed by atoms with Crippen molar-refractivity contribution in [1.29, 1.82) is 0 Å². The fourth-order valence-electron chi connectivity index (χ4n) is 1.21. The van der Waals surface area contributed by atoms with Crippen molar-refractivity contribution in [1.82, 2.24) is 0 Å². The Morgan fingerprint density at radius 3 is 2.31 bits per heavy atom. The van der Waals surface area contributed by atoms with Crippen LogP contribution in [-0.4, -0.2) is 19.1 Å². The number of benzene rings is 1. The average molecular weight is 233 g/mol. The van der Waals surface area contributed by atoms with Gasteiger partial charge in [0.2, 0.25) is 0 Å². The zero-order valence-corrected chi connectivity index (χ0v) is 8.47. The van der Waals surface area contributed by atoms with Crippen molar-refractivity contribution in [3.05, 3.63) is 35.1 Å². The molecule has 0 amide bonds. The maximum absolute atomic E-state index is 12.8. The summed E-state index contributed by atoms with van der Waals surface area (Å²) in [6.07, 6.45) is -0.124. The SMILES string of the molecule is COC(=O)[C@H](N)Cc1cc(F)c(F)c(F)c1. The Morgan fingerprint density at radius 2 is 1.88 bits per heavy atom. The number of carbonyl (C=O) groups excluding carboxylic acids is 1. The third-order valence-electron chi connectivity index (χ3n) is 2.00. The van der Waals surface area contributed by atoms with Gasteiger partial charge in [-0.1, -0.05) is 0 Å². The van der Waals surface area contributed by atoms with Crippen molar-refractivity contribution < 1.29 is 22.7 Å². The number of esters is 1. The second-order valence-electron chi connectivity index (χ2n) is 3.21. The molecule has 0 aliphatic rings.